The average molecular weight is 446 g/mol. The molecule has 0 spiro atoms. The van der Waals surface area contributed by atoms with E-state index in [9.17, 15) is 0 Å². The van der Waals surface area contributed by atoms with Gasteiger partial charge < -0.3 is 23.7 Å². The third-order valence-corrected chi connectivity index (χ3v) is 6.29. The molecule has 3 aliphatic heterocycles. The first-order chi connectivity index (χ1) is 16.3. The average Bonchev–Trinajstić information content (AvgIpc) is 3.16. The first-order valence-corrected chi connectivity index (χ1v) is 11.3. The Balaban J connectivity index is 1.28. The Morgan fingerprint density at radius 3 is 1.91 bits per heavy atom. The summed E-state index contributed by atoms with van der Waals surface area (Å²) in [6.45, 7) is 1.15. The molecule has 3 aliphatic rings. The molecule has 3 aromatic rings. The van der Waals surface area contributed by atoms with Crippen molar-refractivity contribution < 1.29 is 28.4 Å². The Bertz CT molecular complexity index is 1040. The van der Waals surface area contributed by atoms with Crippen molar-refractivity contribution in [2.45, 2.75) is 49.9 Å². The maximum atomic E-state index is 6.45. The molecule has 170 valence electrons. The molecule has 0 aliphatic carbocycles. The Morgan fingerprint density at radius 1 is 0.697 bits per heavy atom. The lowest BCUT2D eigenvalue weighted by Gasteiger charge is -2.43. The Hall–Kier alpha value is -2.58. The summed E-state index contributed by atoms with van der Waals surface area (Å²) >= 11 is 0. The van der Waals surface area contributed by atoms with E-state index in [1.54, 1.807) is 0 Å². The van der Waals surface area contributed by atoms with Crippen LogP contribution < -0.4 is 0 Å². The predicted octanol–water partition coefficient (Wildman–Crippen LogP) is 4.14. The van der Waals surface area contributed by atoms with Gasteiger partial charge in [-0.1, -0.05) is 91.0 Å². The molecule has 3 bridgehead atoms. The number of rotatable bonds is 7. The molecule has 1 unspecified atom stereocenters. The highest BCUT2D eigenvalue weighted by atomic mass is 17.0. The van der Waals surface area contributed by atoms with Gasteiger partial charge in [-0.05, 0) is 11.1 Å². The van der Waals surface area contributed by atoms with E-state index in [4.69, 9.17) is 28.4 Å². The summed E-state index contributed by atoms with van der Waals surface area (Å²) in [6.07, 6.45) is -2.19. The number of fused-ring (bicyclic) bond motifs is 2. The van der Waals surface area contributed by atoms with Crippen molar-refractivity contribution in [1.29, 1.82) is 0 Å². The minimum atomic E-state index is -1.30. The maximum Gasteiger partial charge on any atom is 0.314 e. The maximum absolute atomic E-state index is 6.45. The molecule has 0 amide bonds. The van der Waals surface area contributed by atoms with Crippen LogP contribution >= 0.6 is 0 Å². The van der Waals surface area contributed by atoms with Gasteiger partial charge in [0.15, 0.2) is 6.29 Å². The lowest BCUT2D eigenvalue weighted by molar-refractivity contribution is -0.361. The zero-order valence-electron chi connectivity index (χ0n) is 18.1. The van der Waals surface area contributed by atoms with Crippen LogP contribution in [0.2, 0.25) is 0 Å². The molecule has 0 saturated carbocycles. The van der Waals surface area contributed by atoms with Crippen LogP contribution in [0.5, 0.6) is 0 Å². The van der Waals surface area contributed by atoms with Crippen molar-refractivity contribution in [2.75, 3.05) is 6.61 Å². The lowest BCUT2D eigenvalue weighted by atomic mass is 9.98. The van der Waals surface area contributed by atoms with Gasteiger partial charge in [-0.2, -0.15) is 0 Å². The molecule has 6 rings (SSSR count). The van der Waals surface area contributed by atoms with E-state index >= 15 is 0 Å². The van der Waals surface area contributed by atoms with Crippen molar-refractivity contribution in [2.24, 2.45) is 0 Å². The molecule has 6 atom stereocenters. The summed E-state index contributed by atoms with van der Waals surface area (Å²) in [6, 6.07) is 29.9. The van der Waals surface area contributed by atoms with Gasteiger partial charge >= 0.3 is 5.97 Å². The number of hydrogen-bond donors (Lipinski definition) is 0. The summed E-state index contributed by atoms with van der Waals surface area (Å²) in [5, 5.41) is 0. The number of hydrogen-bond acceptors (Lipinski definition) is 6. The van der Waals surface area contributed by atoms with Gasteiger partial charge in [-0.25, -0.2) is 0 Å². The van der Waals surface area contributed by atoms with Crippen molar-refractivity contribution in [1.82, 2.24) is 0 Å². The molecule has 3 fully saturated rings. The minimum Gasteiger partial charge on any atom is -0.368 e. The first-order valence-electron chi connectivity index (χ1n) is 11.3. The minimum absolute atomic E-state index is 0.267. The third-order valence-electron chi connectivity index (χ3n) is 6.29. The Labute approximate surface area is 192 Å². The van der Waals surface area contributed by atoms with Crippen LogP contribution in [-0.4, -0.2) is 37.3 Å². The molecule has 3 heterocycles. The highest BCUT2D eigenvalue weighted by Gasteiger charge is 2.62. The zero-order chi connectivity index (χ0) is 22.1. The van der Waals surface area contributed by atoms with Gasteiger partial charge in [-0.15, -0.1) is 0 Å². The van der Waals surface area contributed by atoms with E-state index in [0.717, 1.165) is 16.7 Å². The second-order valence-electron chi connectivity index (χ2n) is 8.50. The van der Waals surface area contributed by atoms with Crippen LogP contribution in [0, 0.1) is 0 Å². The van der Waals surface area contributed by atoms with E-state index in [1.165, 1.54) is 0 Å². The zero-order valence-corrected chi connectivity index (χ0v) is 18.1. The molecule has 3 aromatic carbocycles. The third kappa shape index (κ3) is 4.10. The van der Waals surface area contributed by atoms with E-state index in [-0.39, 0.29) is 24.9 Å². The van der Waals surface area contributed by atoms with Gasteiger partial charge in [0.1, 0.15) is 24.4 Å². The summed E-state index contributed by atoms with van der Waals surface area (Å²) in [7, 11) is 0. The molecule has 33 heavy (non-hydrogen) atoms. The smallest absolute Gasteiger partial charge is 0.314 e. The topological polar surface area (TPSA) is 55.4 Å². The fourth-order valence-electron chi connectivity index (χ4n) is 4.64. The van der Waals surface area contributed by atoms with Gasteiger partial charge in [0.25, 0.3) is 0 Å². The van der Waals surface area contributed by atoms with Gasteiger partial charge in [0.2, 0.25) is 0 Å². The molecule has 0 N–H and O–H groups in total. The monoisotopic (exact) mass is 446 g/mol. The Morgan fingerprint density at radius 2 is 1.27 bits per heavy atom. The van der Waals surface area contributed by atoms with Crippen molar-refractivity contribution in [3.63, 3.8) is 0 Å². The molecule has 0 aromatic heterocycles. The highest BCUT2D eigenvalue weighted by Crippen LogP contribution is 2.47. The van der Waals surface area contributed by atoms with Gasteiger partial charge in [0, 0.05) is 5.56 Å². The number of ether oxygens (including phenoxy) is 6. The molecular weight excluding hydrogens is 420 g/mol. The fourth-order valence-corrected chi connectivity index (χ4v) is 4.64. The normalized spacial score (nSPS) is 32.5. The van der Waals surface area contributed by atoms with E-state index in [2.05, 4.69) is 0 Å². The van der Waals surface area contributed by atoms with E-state index in [1.807, 2.05) is 91.0 Å². The molecular formula is C27H26O6. The highest BCUT2D eigenvalue weighted by molar-refractivity contribution is 5.21. The summed E-state index contributed by atoms with van der Waals surface area (Å²) < 4.78 is 37.9. The van der Waals surface area contributed by atoms with Gasteiger partial charge in [0.05, 0.1) is 19.8 Å². The summed E-state index contributed by atoms with van der Waals surface area (Å²) in [5.41, 5.74) is 2.97. The number of benzene rings is 3. The first kappa shape index (κ1) is 21.0. The van der Waals surface area contributed by atoms with Crippen LogP contribution in [0.3, 0.4) is 0 Å². The molecule has 6 heteroatoms. The quantitative estimate of drug-likeness (QED) is 0.544. The Kier molecular flexibility index (Phi) is 5.72. The SMILES string of the molecule is c1ccc(CO[C@H]2[C@@H]3OC4(c5ccccc5)OC[C@@H](O[C@H]3O4)[C@H]2OCc2ccccc2)cc1. The largest absolute Gasteiger partial charge is 0.368 e. The molecule has 3 saturated heterocycles. The standard InChI is InChI=1S/C27H26O6/c1-4-10-19(11-5-1)16-28-23-22-18-30-27(21-14-8-3-9-15-21)32-25(26(31-22)33-27)24(23)29-17-20-12-6-2-7-13-20/h1-15,22-26H,16-18H2/t22-,23-,24-,25+,26+,27?/m1/s1. The lowest BCUT2D eigenvalue weighted by Crippen LogP contribution is -2.60. The van der Waals surface area contributed by atoms with E-state index < -0.39 is 18.4 Å². The molecule has 0 radical (unpaired) electrons. The second kappa shape index (κ2) is 8.99. The van der Waals surface area contributed by atoms with Crippen LogP contribution in [0.4, 0.5) is 0 Å². The van der Waals surface area contributed by atoms with Crippen LogP contribution in [0.25, 0.3) is 0 Å². The summed E-state index contributed by atoms with van der Waals surface area (Å²) in [5.74, 6) is -1.30. The fraction of sp³-hybridized carbons (Fsp3) is 0.333. The molecule has 6 nitrogen and oxygen atoms in total. The van der Waals surface area contributed by atoms with E-state index in [0.29, 0.717) is 13.2 Å². The van der Waals surface area contributed by atoms with Crippen LogP contribution in [-0.2, 0) is 47.6 Å². The van der Waals surface area contributed by atoms with Crippen molar-refractivity contribution in [3.8, 4) is 0 Å². The summed E-state index contributed by atoms with van der Waals surface area (Å²) in [4.78, 5) is 0. The van der Waals surface area contributed by atoms with Crippen LogP contribution in [0.1, 0.15) is 16.7 Å². The van der Waals surface area contributed by atoms with Crippen molar-refractivity contribution in [3.05, 3.63) is 108 Å². The van der Waals surface area contributed by atoms with Crippen LogP contribution in [0.15, 0.2) is 91.0 Å². The second-order valence-corrected chi connectivity index (χ2v) is 8.50. The van der Waals surface area contributed by atoms with Gasteiger partial charge in [-0.3, -0.25) is 4.74 Å². The van der Waals surface area contributed by atoms with Crippen molar-refractivity contribution >= 4 is 0 Å². The predicted molar refractivity (Wildman–Crippen MR) is 119 cm³/mol.